The summed E-state index contributed by atoms with van der Waals surface area (Å²) in [7, 11) is 0. The van der Waals surface area contributed by atoms with Gasteiger partial charge in [0.05, 0.1) is 5.69 Å². The van der Waals surface area contributed by atoms with Crippen LogP contribution < -0.4 is 29.1 Å². The molecular weight excluding hydrogens is 645 g/mol. The smallest absolute Gasteiger partial charge is 0.258 e. The Hall–Kier alpha value is -5.63. The quantitative estimate of drug-likeness (QED) is 0.174. The van der Waals surface area contributed by atoms with Crippen LogP contribution in [0.5, 0.6) is 0 Å². The summed E-state index contributed by atoms with van der Waals surface area (Å²) in [6, 6.07) is 37.0. The molecule has 8 nitrogen and oxygen atoms in total. The second-order valence-electron chi connectivity index (χ2n) is 14.4. The molecule has 4 aliphatic rings. The van der Waals surface area contributed by atoms with Gasteiger partial charge in [0.1, 0.15) is 11.4 Å². The number of benzene rings is 4. The van der Waals surface area contributed by atoms with Gasteiger partial charge in [-0.15, -0.1) is 0 Å². The van der Waals surface area contributed by atoms with Gasteiger partial charge in [-0.3, -0.25) is 19.4 Å². The largest absolute Gasteiger partial charge is 0.372 e. The van der Waals surface area contributed by atoms with Crippen molar-refractivity contribution in [1.82, 2.24) is 0 Å². The summed E-state index contributed by atoms with van der Waals surface area (Å²) in [5.74, 6) is -0.0682. The summed E-state index contributed by atoms with van der Waals surface area (Å²) in [6.07, 6.45) is 9.22. The maximum atomic E-state index is 14.3. The molecule has 0 saturated carbocycles. The molecule has 0 bridgehead atoms. The number of nitrogens with zero attached hydrogens (tertiary/aromatic N) is 6. The lowest BCUT2D eigenvalue weighted by atomic mass is 9.96. The molecule has 0 atom stereocenters. The van der Waals surface area contributed by atoms with Crippen molar-refractivity contribution in [3.05, 3.63) is 144 Å². The van der Waals surface area contributed by atoms with Gasteiger partial charge >= 0.3 is 0 Å². The van der Waals surface area contributed by atoms with E-state index in [4.69, 9.17) is 0 Å². The van der Waals surface area contributed by atoms with E-state index in [2.05, 4.69) is 80.2 Å². The summed E-state index contributed by atoms with van der Waals surface area (Å²) < 4.78 is 2.25. The van der Waals surface area contributed by atoms with Gasteiger partial charge in [0, 0.05) is 86.0 Å². The Morgan fingerprint density at radius 2 is 0.865 bits per heavy atom. The van der Waals surface area contributed by atoms with Crippen LogP contribution in [0.15, 0.2) is 122 Å². The van der Waals surface area contributed by atoms with Crippen LogP contribution in [0.25, 0.3) is 0 Å². The third-order valence-corrected chi connectivity index (χ3v) is 11.3. The maximum absolute atomic E-state index is 14.3. The number of anilines is 5. The highest BCUT2D eigenvalue weighted by Gasteiger charge is 2.40. The third kappa shape index (κ3) is 5.96. The Bertz CT molecular complexity index is 1910. The first kappa shape index (κ1) is 32.3. The third-order valence-electron chi connectivity index (χ3n) is 11.3. The van der Waals surface area contributed by atoms with Crippen molar-refractivity contribution in [3.8, 4) is 0 Å². The molecule has 52 heavy (non-hydrogen) atoms. The Morgan fingerprint density at radius 3 is 1.27 bits per heavy atom. The molecule has 8 heteroatoms. The molecule has 5 aromatic rings. The van der Waals surface area contributed by atoms with E-state index < -0.39 is 0 Å². The van der Waals surface area contributed by atoms with Crippen molar-refractivity contribution in [2.75, 3.05) is 76.9 Å². The van der Waals surface area contributed by atoms with Gasteiger partial charge in [-0.25, -0.2) is 0 Å². The van der Waals surface area contributed by atoms with Gasteiger partial charge in [-0.2, -0.15) is 4.57 Å². The molecule has 2 saturated heterocycles. The lowest BCUT2D eigenvalue weighted by Crippen LogP contribution is -2.53. The van der Waals surface area contributed by atoms with Gasteiger partial charge in [0.2, 0.25) is 6.04 Å². The molecule has 2 fully saturated rings. The van der Waals surface area contributed by atoms with Gasteiger partial charge in [-0.05, 0) is 98.5 Å². The highest BCUT2D eigenvalue weighted by molar-refractivity contribution is 6.13. The minimum absolute atomic E-state index is 0.0341. The van der Waals surface area contributed by atoms with Crippen LogP contribution in [-0.4, -0.2) is 64.2 Å². The Kier molecular flexibility index (Phi) is 8.59. The average Bonchev–Trinajstić information content (AvgIpc) is 3.96. The van der Waals surface area contributed by atoms with Crippen molar-refractivity contribution in [2.24, 2.45) is 0 Å². The molecule has 5 heterocycles. The van der Waals surface area contributed by atoms with E-state index in [9.17, 15) is 9.59 Å². The van der Waals surface area contributed by atoms with Crippen LogP contribution >= 0.6 is 0 Å². The molecule has 4 aromatic carbocycles. The van der Waals surface area contributed by atoms with E-state index >= 15 is 0 Å². The number of rotatable bonds is 7. The highest BCUT2D eigenvalue weighted by atomic mass is 16.2. The fourth-order valence-corrected chi connectivity index (χ4v) is 8.58. The fraction of sp³-hybridized carbons (Fsp3) is 0.295. The summed E-state index contributed by atoms with van der Waals surface area (Å²) in [5, 5.41) is 0. The normalized spacial score (nSPS) is 16.8. The molecule has 0 unspecified atom stereocenters. The number of carbonyl (C=O) groups is 2. The summed E-state index contributed by atoms with van der Waals surface area (Å²) in [4.78, 5) is 39.7. The lowest BCUT2D eigenvalue weighted by molar-refractivity contribution is -0.703. The SMILES string of the molecule is O=C(c1ccccc1)N1CCN2CCN(C(=O)c3ccccc3)c3c[n+](C(c4ccc(N5CCCC5)cc4)c4ccc(N5CCCC5)cc4)cc1c32. The summed E-state index contributed by atoms with van der Waals surface area (Å²) >= 11 is 0. The zero-order chi connectivity index (χ0) is 35.0. The number of hydrogen-bond donors (Lipinski definition) is 0. The standard InChI is InChI=1S/C44H45N6O2/c51-43(35-11-3-1-4-12-35)49-29-27-47-28-30-50(44(52)36-13-5-2-6-14-36)40-32-48(31-39(49)42(40)47)41(33-15-19-37(20-16-33)45-23-7-8-24-45)34-17-21-38(22-18-34)46-25-9-10-26-46/h1-6,11-22,31-32,41H,7-10,23-30H2/q+1. The van der Waals surface area contributed by atoms with Crippen LogP contribution in [0.1, 0.15) is 63.6 Å². The van der Waals surface area contributed by atoms with Crippen LogP contribution in [0.2, 0.25) is 0 Å². The second kappa shape index (κ2) is 13.8. The number of hydrogen-bond acceptors (Lipinski definition) is 5. The summed E-state index contributed by atoms with van der Waals surface area (Å²) in [5.41, 5.74) is 8.72. The molecule has 0 spiro atoms. The van der Waals surface area contributed by atoms with Crippen molar-refractivity contribution in [2.45, 2.75) is 31.7 Å². The molecular formula is C44H45N6O2+. The Balaban J connectivity index is 1.21. The predicted octanol–water partition coefficient (Wildman–Crippen LogP) is 6.94. The van der Waals surface area contributed by atoms with E-state index in [0.29, 0.717) is 37.3 Å². The minimum atomic E-state index is -0.193. The zero-order valence-corrected chi connectivity index (χ0v) is 29.6. The first-order valence-corrected chi connectivity index (χ1v) is 18.9. The van der Waals surface area contributed by atoms with Crippen LogP contribution in [0, 0.1) is 0 Å². The van der Waals surface area contributed by atoms with E-state index in [1.165, 1.54) is 37.1 Å². The minimum Gasteiger partial charge on any atom is -0.372 e. The van der Waals surface area contributed by atoms with Crippen LogP contribution in [0.3, 0.4) is 0 Å². The topological polar surface area (TPSA) is 54.2 Å². The fourth-order valence-electron chi connectivity index (χ4n) is 8.58. The molecule has 0 radical (unpaired) electrons. The maximum Gasteiger partial charge on any atom is 0.258 e. The van der Waals surface area contributed by atoms with Gasteiger partial charge in [0.15, 0.2) is 12.4 Å². The summed E-state index contributed by atoms with van der Waals surface area (Å²) in [6.45, 7) is 6.92. The van der Waals surface area contributed by atoms with E-state index in [0.717, 1.165) is 54.4 Å². The van der Waals surface area contributed by atoms with Gasteiger partial charge in [-0.1, -0.05) is 36.4 Å². The number of carbonyl (C=O) groups excluding carboxylic acids is 2. The van der Waals surface area contributed by atoms with Gasteiger partial charge in [0.25, 0.3) is 11.8 Å². The van der Waals surface area contributed by atoms with Gasteiger partial charge < -0.3 is 14.7 Å². The van der Waals surface area contributed by atoms with Crippen molar-refractivity contribution in [3.63, 3.8) is 0 Å². The van der Waals surface area contributed by atoms with Crippen LogP contribution in [-0.2, 0) is 0 Å². The molecule has 0 aliphatic carbocycles. The van der Waals surface area contributed by atoms with E-state index in [-0.39, 0.29) is 17.9 Å². The Labute approximate surface area is 306 Å². The molecule has 1 aromatic heterocycles. The van der Waals surface area contributed by atoms with Crippen LogP contribution in [0.4, 0.5) is 28.4 Å². The Morgan fingerprint density at radius 1 is 0.462 bits per heavy atom. The average molecular weight is 690 g/mol. The molecule has 9 rings (SSSR count). The highest BCUT2D eigenvalue weighted by Crippen LogP contribution is 2.44. The number of pyridine rings is 1. The molecule has 4 aliphatic heterocycles. The predicted molar refractivity (Wildman–Crippen MR) is 208 cm³/mol. The number of amides is 2. The van der Waals surface area contributed by atoms with Crippen molar-refractivity contribution in [1.29, 1.82) is 0 Å². The van der Waals surface area contributed by atoms with E-state index in [1.807, 2.05) is 70.5 Å². The zero-order valence-electron chi connectivity index (χ0n) is 29.6. The second-order valence-corrected chi connectivity index (χ2v) is 14.4. The first-order chi connectivity index (χ1) is 25.6. The lowest BCUT2D eigenvalue weighted by Gasteiger charge is -2.43. The van der Waals surface area contributed by atoms with Crippen molar-refractivity contribution >= 4 is 40.3 Å². The first-order valence-electron chi connectivity index (χ1n) is 18.9. The molecule has 262 valence electrons. The van der Waals surface area contributed by atoms with Crippen molar-refractivity contribution < 1.29 is 14.2 Å². The number of aromatic nitrogens is 1. The van der Waals surface area contributed by atoms with E-state index in [1.54, 1.807) is 0 Å². The molecule has 2 amide bonds. The molecule has 0 N–H and O–H groups in total. The monoisotopic (exact) mass is 689 g/mol.